The van der Waals surface area contributed by atoms with Crippen molar-refractivity contribution in [3.8, 4) is 11.5 Å². The maximum Gasteiger partial charge on any atom is 0.328 e. The van der Waals surface area contributed by atoms with E-state index in [0.717, 1.165) is 12.2 Å². The molecule has 0 spiro atoms. The Hall–Kier alpha value is -4.86. The van der Waals surface area contributed by atoms with E-state index in [1.807, 2.05) is 0 Å². The molecule has 18 nitrogen and oxygen atoms in total. The van der Waals surface area contributed by atoms with Gasteiger partial charge in [0.2, 0.25) is 12.6 Å². The van der Waals surface area contributed by atoms with Crippen molar-refractivity contribution in [1.82, 2.24) is 0 Å². The van der Waals surface area contributed by atoms with Crippen LogP contribution in [0.5, 0.6) is 11.5 Å². The smallest absolute Gasteiger partial charge is 0.328 e. The van der Waals surface area contributed by atoms with Crippen molar-refractivity contribution in [1.29, 1.82) is 0 Å². The Morgan fingerprint density at radius 3 is 1.75 bits per heavy atom. The van der Waals surface area contributed by atoms with Crippen LogP contribution in [0.2, 0.25) is 0 Å². The molecule has 2 fully saturated rings. The van der Waals surface area contributed by atoms with Crippen LogP contribution in [0.15, 0.2) is 69.9 Å². The molecule has 2 aromatic heterocycles. The molecule has 0 saturated carbocycles. The number of rotatable bonds is 10. The summed E-state index contributed by atoms with van der Waals surface area (Å²) >= 11 is 0. The predicted molar refractivity (Wildman–Crippen MR) is 175 cm³/mol. The summed E-state index contributed by atoms with van der Waals surface area (Å²) in [7, 11) is 0. The Bertz CT molecular complexity index is 1870. The molecule has 10 unspecified atom stereocenters. The van der Waals surface area contributed by atoms with E-state index in [1.165, 1.54) is 30.7 Å². The fourth-order valence-corrected chi connectivity index (χ4v) is 5.43. The quantitative estimate of drug-likeness (QED) is 0.0912. The van der Waals surface area contributed by atoms with Gasteiger partial charge in [-0.25, -0.2) is 9.59 Å². The average Bonchev–Trinajstić information content (AvgIpc) is 3.80. The van der Waals surface area contributed by atoms with Gasteiger partial charge < -0.3 is 78.8 Å². The Labute approximate surface area is 292 Å². The lowest BCUT2D eigenvalue weighted by Gasteiger charge is -2.39. The summed E-state index contributed by atoms with van der Waals surface area (Å²) in [6, 6.07) is 9.56. The fourth-order valence-electron chi connectivity index (χ4n) is 5.43. The predicted octanol–water partition coefficient (Wildman–Crippen LogP) is -0.581. The molecule has 0 bridgehead atoms. The lowest BCUT2D eigenvalue weighted by Crippen LogP contribution is -2.60. The molecule has 4 aromatic rings. The van der Waals surface area contributed by atoms with Gasteiger partial charge in [0.1, 0.15) is 71.5 Å². The zero-order chi connectivity index (χ0) is 37.7. The number of aliphatic hydroxyl groups excluding tert-OH is 8. The second kappa shape index (κ2) is 16.7. The second-order valence-electron chi connectivity index (χ2n) is 11.6. The SMILES string of the molecule is O=C(O)/C=C\c1cc2ccoc2cc1OC1OC(CO)C(O)C(O)C1O.O=C(O)/C=C\c1ccc2occc2c1OC1OC(CO)C(O)C(O)C1O. The van der Waals surface area contributed by atoms with E-state index in [1.54, 1.807) is 30.3 Å². The third-order valence-electron chi connectivity index (χ3n) is 8.19. The molecule has 2 saturated heterocycles. The molecule has 52 heavy (non-hydrogen) atoms. The van der Waals surface area contributed by atoms with Crippen molar-refractivity contribution < 1.29 is 88.4 Å². The van der Waals surface area contributed by atoms with E-state index in [-0.39, 0.29) is 11.5 Å². The van der Waals surface area contributed by atoms with E-state index in [0.29, 0.717) is 33.1 Å². The van der Waals surface area contributed by atoms with Crippen LogP contribution < -0.4 is 9.47 Å². The van der Waals surface area contributed by atoms with Crippen molar-refractivity contribution in [2.24, 2.45) is 0 Å². The van der Waals surface area contributed by atoms with Gasteiger partial charge in [-0.1, -0.05) is 0 Å². The maximum atomic E-state index is 10.8. The summed E-state index contributed by atoms with van der Waals surface area (Å²) in [6.45, 7) is -1.18. The maximum absolute atomic E-state index is 10.8. The summed E-state index contributed by atoms with van der Waals surface area (Å²) in [5, 5.41) is 97.0. The van der Waals surface area contributed by atoms with Crippen LogP contribution in [-0.2, 0) is 19.1 Å². The van der Waals surface area contributed by atoms with Crippen molar-refractivity contribution >= 4 is 46.0 Å². The minimum Gasteiger partial charge on any atom is -0.478 e. The molecular weight excluding hydrogens is 696 g/mol. The number of benzene rings is 2. The summed E-state index contributed by atoms with van der Waals surface area (Å²) < 4.78 is 32.5. The van der Waals surface area contributed by atoms with Crippen LogP contribution in [-0.4, -0.2) is 138 Å². The van der Waals surface area contributed by atoms with Crippen LogP contribution >= 0.6 is 0 Å². The highest BCUT2D eigenvalue weighted by atomic mass is 16.7. The molecule has 2 aliphatic rings. The zero-order valence-corrected chi connectivity index (χ0v) is 26.9. The first kappa shape index (κ1) is 38.4. The average molecular weight is 733 g/mol. The van der Waals surface area contributed by atoms with Crippen molar-refractivity contribution in [3.05, 3.63) is 72.2 Å². The molecule has 0 radical (unpaired) electrons. The highest BCUT2D eigenvalue weighted by Gasteiger charge is 2.46. The monoisotopic (exact) mass is 732 g/mol. The highest BCUT2D eigenvalue weighted by molar-refractivity contribution is 5.92. The van der Waals surface area contributed by atoms with Gasteiger partial charge in [0.25, 0.3) is 0 Å². The minimum absolute atomic E-state index is 0.134. The number of aliphatic carboxylic acids is 2. The van der Waals surface area contributed by atoms with Gasteiger partial charge in [0.15, 0.2) is 0 Å². The third-order valence-corrected chi connectivity index (χ3v) is 8.19. The van der Waals surface area contributed by atoms with Crippen molar-refractivity contribution in [2.45, 2.75) is 61.4 Å². The molecule has 10 atom stereocenters. The summed E-state index contributed by atoms with van der Waals surface area (Å²) in [4.78, 5) is 21.6. The Kier molecular flexibility index (Phi) is 12.3. The molecule has 0 amide bonds. The standard InChI is InChI=1S/2C17H18O9/c18-7-11-13(21)14(22)15(23)17(25-11)26-16-8(2-4-12(19)20)1-3-10-9(16)5-6-24-10;18-7-12-14(21)15(22)16(23)17(26-12)25-11-6-10-9(3-4-24-10)5-8(11)1-2-13(19)20/h1-6,11,13-15,17-18,21-23H,7H2,(H,19,20);1-6,12,14-18,21-23H,7H2,(H,19,20)/b4-2-;2-1-. The summed E-state index contributed by atoms with van der Waals surface area (Å²) in [6.07, 6.45) is -7.11. The second-order valence-corrected chi connectivity index (χ2v) is 11.6. The molecular formula is C34H36O18. The van der Waals surface area contributed by atoms with Crippen LogP contribution in [0, 0.1) is 0 Å². The molecule has 2 aliphatic heterocycles. The summed E-state index contributed by atoms with van der Waals surface area (Å²) in [5.41, 5.74) is 1.66. The fraction of sp³-hybridized carbons (Fsp3) is 0.353. The van der Waals surface area contributed by atoms with Crippen LogP contribution in [0.3, 0.4) is 0 Å². The molecule has 18 heteroatoms. The number of furan rings is 2. The van der Waals surface area contributed by atoms with Gasteiger partial charge >= 0.3 is 11.9 Å². The molecule has 280 valence electrons. The third kappa shape index (κ3) is 8.43. The first-order chi connectivity index (χ1) is 24.8. The molecule has 0 aliphatic carbocycles. The first-order valence-electron chi connectivity index (χ1n) is 15.6. The van der Waals surface area contributed by atoms with Gasteiger partial charge in [0, 0.05) is 34.7 Å². The highest BCUT2D eigenvalue weighted by Crippen LogP contribution is 2.35. The van der Waals surface area contributed by atoms with E-state index >= 15 is 0 Å². The number of ether oxygens (including phenoxy) is 4. The molecule has 4 heterocycles. The van der Waals surface area contributed by atoms with E-state index in [4.69, 9.17) is 38.0 Å². The zero-order valence-electron chi connectivity index (χ0n) is 26.9. The number of fused-ring (bicyclic) bond motifs is 2. The van der Waals surface area contributed by atoms with Crippen LogP contribution in [0.25, 0.3) is 34.1 Å². The van der Waals surface area contributed by atoms with Gasteiger partial charge in [-0.05, 0) is 42.5 Å². The number of hydrogen-bond donors (Lipinski definition) is 10. The lowest BCUT2D eigenvalue weighted by molar-refractivity contribution is -0.277. The van der Waals surface area contributed by atoms with E-state index in [2.05, 4.69) is 0 Å². The first-order valence-corrected chi connectivity index (χ1v) is 15.6. The summed E-state index contributed by atoms with van der Waals surface area (Å²) in [5.74, 6) is -2.01. The Morgan fingerprint density at radius 1 is 0.635 bits per heavy atom. The van der Waals surface area contributed by atoms with Gasteiger partial charge in [-0.15, -0.1) is 0 Å². The van der Waals surface area contributed by atoms with Gasteiger partial charge in [-0.3, -0.25) is 0 Å². The van der Waals surface area contributed by atoms with Crippen molar-refractivity contribution in [2.75, 3.05) is 13.2 Å². The van der Waals surface area contributed by atoms with Crippen molar-refractivity contribution in [3.63, 3.8) is 0 Å². The molecule has 2 aromatic carbocycles. The largest absolute Gasteiger partial charge is 0.478 e. The van der Waals surface area contributed by atoms with E-state index < -0.39 is 86.6 Å². The normalized spacial score (nSPS) is 29.3. The molecule has 10 N–H and O–H groups in total. The van der Waals surface area contributed by atoms with Gasteiger partial charge in [0.05, 0.1) is 31.1 Å². The number of aliphatic hydroxyl groups is 8. The van der Waals surface area contributed by atoms with E-state index in [9.17, 15) is 50.4 Å². The Morgan fingerprint density at radius 2 is 1.17 bits per heavy atom. The number of carboxylic acid groups (broad SMARTS) is 2. The number of carboxylic acids is 2. The topological polar surface area (TPSA) is 300 Å². The lowest BCUT2D eigenvalue weighted by atomic mass is 9.99. The van der Waals surface area contributed by atoms with Gasteiger partial charge in [-0.2, -0.15) is 0 Å². The number of carbonyl (C=O) groups is 2. The van der Waals surface area contributed by atoms with Crippen LogP contribution in [0.1, 0.15) is 11.1 Å². The molecule has 6 rings (SSSR count). The Balaban J connectivity index is 0.000000201. The van der Waals surface area contributed by atoms with Crippen LogP contribution in [0.4, 0.5) is 0 Å². The minimum atomic E-state index is -1.59. The number of hydrogen-bond acceptors (Lipinski definition) is 16.